The molecule has 48 heavy (non-hydrogen) atoms. The standard InChI is InChI=1S/C46H46S2/c1-3-5-7-9-11-33-13-17-35(18-14-33)21-23-43-29-41-27-37-25-38-28-42-30-44(48-46(42)32-40(38)26-39(37)31-45(41)47-43)24-22-36-19-15-34(16-20-36)12-10-8-6-4-2/h13-32H,3-12H2,1-2H3. The van der Waals surface area contributed by atoms with Crippen molar-refractivity contribution >= 4 is 88.7 Å². The van der Waals surface area contributed by atoms with Gasteiger partial charge in [-0.15, -0.1) is 22.7 Å². The fourth-order valence-corrected chi connectivity index (χ4v) is 8.74. The van der Waals surface area contributed by atoms with Gasteiger partial charge in [0.15, 0.2) is 0 Å². The van der Waals surface area contributed by atoms with Crippen molar-refractivity contribution in [2.75, 3.05) is 0 Å². The Balaban J connectivity index is 1.05. The van der Waals surface area contributed by atoms with Crippen molar-refractivity contribution in [3.8, 4) is 0 Å². The smallest absolute Gasteiger partial charge is 0.0355 e. The molecule has 0 spiro atoms. The van der Waals surface area contributed by atoms with E-state index in [4.69, 9.17) is 0 Å². The number of hydrogen-bond donors (Lipinski definition) is 0. The third-order valence-corrected chi connectivity index (χ3v) is 11.7. The zero-order chi connectivity index (χ0) is 32.7. The Morgan fingerprint density at radius 2 is 0.792 bits per heavy atom. The van der Waals surface area contributed by atoms with E-state index in [0.717, 1.165) is 0 Å². The highest BCUT2D eigenvalue weighted by Crippen LogP contribution is 2.36. The maximum atomic E-state index is 2.38. The average molecular weight is 663 g/mol. The average Bonchev–Trinajstić information content (AvgIpc) is 3.70. The molecule has 0 radical (unpaired) electrons. The fourth-order valence-electron chi connectivity index (χ4n) is 6.74. The van der Waals surface area contributed by atoms with Crippen LogP contribution in [0.15, 0.2) is 97.1 Å². The number of aryl methyl sites for hydroxylation is 2. The molecule has 0 N–H and O–H groups in total. The first-order valence-corrected chi connectivity index (χ1v) is 19.7. The Labute approximate surface area is 294 Å². The van der Waals surface area contributed by atoms with Gasteiger partial charge in [0.2, 0.25) is 0 Å². The van der Waals surface area contributed by atoms with Crippen molar-refractivity contribution in [2.24, 2.45) is 0 Å². The van der Waals surface area contributed by atoms with E-state index in [9.17, 15) is 0 Å². The van der Waals surface area contributed by atoms with Crippen LogP contribution >= 0.6 is 22.7 Å². The van der Waals surface area contributed by atoms with Gasteiger partial charge in [-0.3, -0.25) is 0 Å². The summed E-state index contributed by atoms with van der Waals surface area (Å²) in [6.07, 6.45) is 22.0. The second kappa shape index (κ2) is 15.5. The summed E-state index contributed by atoms with van der Waals surface area (Å²) in [7, 11) is 0. The van der Waals surface area contributed by atoms with E-state index in [-0.39, 0.29) is 0 Å². The predicted octanol–water partition coefficient (Wildman–Crippen LogP) is 15.0. The molecule has 5 aromatic carbocycles. The zero-order valence-electron chi connectivity index (χ0n) is 28.4. The number of thiophene rings is 2. The summed E-state index contributed by atoms with van der Waals surface area (Å²) in [6, 6.07) is 37.1. The van der Waals surface area contributed by atoms with Gasteiger partial charge in [-0.05, 0) is 141 Å². The van der Waals surface area contributed by atoms with E-state index < -0.39 is 0 Å². The number of unbranched alkanes of at least 4 members (excludes halogenated alkanes) is 6. The maximum Gasteiger partial charge on any atom is 0.0355 e. The van der Waals surface area contributed by atoms with Crippen LogP contribution in [0.2, 0.25) is 0 Å². The summed E-state index contributed by atoms with van der Waals surface area (Å²) in [5, 5.41) is 7.88. The Bertz CT molecular complexity index is 1940. The predicted molar refractivity (Wildman–Crippen MR) is 219 cm³/mol. The Kier molecular flexibility index (Phi) is 10.5. The molecule has 0 unspecified atom stereocenters. The molecular weight excluding hydrogens is 617 g/mol. The van der Waals surface area contributed by atoms with Gasteiger partial charge in [-0.2, -0.15) is 0 Å². The van der Waals surface area contributed by atoms with Crippen LogP contribution in [-0.2, 0) is 12.8 Å². The second-order valence-electron chi connectivity index (χ2n) is 13.4. The first-order valence-electron chi connectivity index (χ1n) is 18.0. The molecule has 0 saturated heterocycles. The normalized spacial score (nSPS) is 12.2. The molecule has 0 nitrogen and oxygen atoms in total. The van der Waals surface area contributed by atoms with Crippen LogP contribution in [0.25, 0.3) is 66.0 Å². The summed E-state index contributed by atoms with van der Waals surface area (Å²) in [4.78, 5) is 2.60. The van der Waals surface area contributed by atoms with Crippen molar-refractivity contribution in [1.29, 1.82) is 0 Å². The molecule has 2 heterocycles. The van der Waals surface area contributed by atoms with Gasteiger partial charge in [-0.1, -0.05) is 113 Å². The van der Waals surface area contributed by atoms with Crippen LogP contribution in [0.3, 0.4) is 0 Å². The molecule has 0 aliphatic carbocycles. The minimum Gasteiger partial charge on any atom is -0.136 e. The van der Waals surface area contributed by atoms with E-state index in [1.807, 2.05) is 22.7 Å². The third kappa shape index (κ3) is 8.00. The molecule has 0 saturated carbocycles. The van der Waals surface area contributed by atoms with Crippen LogP contribution < -0.4 is 0 Å². The van der Waals surface area contributed by atoms with Crippen LogP contribution in [0.4, 0.5) is 0 Å². The van der Waals surface area contributed by atoms with Gasteiger partial charge in [0.25, 0.3) is 0 Å². The first-order chi connectivity index (χ1) is 23.6. The van der Waals surface area contributed by atoms with Crippen molar-refractivity contribution in [3.05, 3.63) is 129 Å². The zero-order valence-corrected chi connectivity index (χ0v) is 30.1. The molecular formula is C46H46S2. The third-order valence-electron chi connectivity index (χ3n) is 9.58. The van der Waals surface area contributed by atoms with E-state index in [1.165, 1.54) is 138 Å². The fraction of sp³-hybridized carbons (Fsp3) is 0.261. The minimum atomic E-state index is 1.19. The van der Waals surface area contributed by atoms with E-state index in [2.05, 4.69) is 135 Å². The molecule has 7 rings (SSSR count). The monoisotopic (exact) mass is 662 g/mol. The van der Waals surface area contributed by atoms with Gasteiger partial charge in [0, 0.05) is 19.2 Å². The first kappa shape index (κ1) is 32.6. The van der Waals surface area contributed by atoms with Crippen molar-refractivity contribution in [2.45, 2.75) is 78.1 Å². The van der Waals surface area contributed by atoms with E-state index in [1.54, 1.807) is 0 Å². The van der Waals surface area contributed by atoms with Crippen LogP contribution in [0, 0.1) is 0 Å². The quantitative estimate of drug-likeness (QED) is 0.0803. The molecule has 7 aromatic rings. The second-order valence-corrected chi connectivity index (χ2v) is 15.6. The Morgan fingerprint density at radius 3 is 1.21 bits per heavy atom. The van der Waals surface area contributed by atoms with Crippen molar-refractivity contribution < 1.29 is 0 Å². The van der Waals surface area contributed by atoms with Crippen LogP contribution in [0.5, 0.6) is 0 Å². The van der Waals surface area contributed by atoms with Gasteiger partial charge in [0.1, 0.15) is 0 Å². The van der Waals surface area contributed by atoms with Gasteiger partial charge in [0.05, 0.1) is 0 Å². The lowest BCUT2D eigenvalue weighted by Crippen LogP contribution is -1.85. The molecule has 0 aliphatic heterocycles. The van der Waals surface area contributed by atoms with Crippen LogP contribution in [0.1, 0.15) is 97.2 Å². The topological polar surface area (TPSA) is 0 Å². The SMILES string of the molecule is CCCCCCc1ccc(C=Cc2cc3cc4cc5cc6cc(C=Cc7ccc(CCCCCC)cc7)sc6cc5cc4cc3s2)cc1. The number of rotatable bonds is 14. The largest absolute Gasteiger partial charge is 0.136 e. The molecule has 2 heteroatoms. The molecule has 242 valence electrons. The number of hydrogen-bond acceptors (Lipinski definition) is 2. The molecule has 0 fully saturated rings. The molecule has 0 atom stereocenters. The Morgan fingerprint density at radius 1 is 0.396 bits per heavy atom. The number of fused-ring (bicyclic) bond motifs is 4. The van der Waals surface area contributed by atoms with Crippen LogP contribution in [-0.4, -0.2) is 0 Å². The lowest BCUT2D eigenvalue weighted by molar-refractivity contribution is 0.667. The molecule has 0 amide bonds. The summed E-state index contributed by atoms with van der Waals surface area (Å²) < 4.78 is 2.69. The molecule has 0 bridgehead atoms. The summed E-state index contributed by atoms with van der Waals surface area (Å²) in [5.41, 5.74) is 5.43. The highest BCUT2D eigenvalue weighted by atomic mass is 32.1. The lowest BCUT2D eigenvalue weighted by Gasteiger charge is -2.04. The van der Waals surface area contributed by atoms with Crippen molar-refractivity contribution in [1.82, 2.24) is 0 Å². The van der Waals surface area contributed by atoms with E-state index in [0.29, 0.717) is 0 Å². The number of benzene rings is 5. The van der Waals surface area contributed by atoms with Gasteiger partial charge in [-0.25, -0.2) is 0 Å². The van der Waals surface area contributed by atoms with Crippen molar-refractivity contribution in [3.63, 3.8) is 0 Å². The maximum absolute atomic E-state index is 2.38. The highest BCUT2D eigenvalue weighted by molar-refractivity contribution is 7.20. The summed E-state index contributed by atoms with van der Waals surface area (Å²) >= 11 is 3.76. The lowest BCUT2D eigenvalue weighted by atomic mass is 10.0. The molecule has 2 aromatic heterocycles. The molecule has 0 aliphatic rings. The Hall–Kier alpha value is -3.98. The summed E-state index contributed by atoms with van der Waals surface area (Å²) in [5.74, 6) is 0. The van der Waals surface area contributed by atoms with Gasteiger partial charge >= 0.3 is 0 Å². The van der Waals surface area contributed by atoms with Gasteiger partial charge < -0.3 is 0 Å². The minimum absolute atomic E-state index is 1.19. The van der Waals surface area contributed by atoms with E-state index >= 15 is 0 Å². The highest BCUT2D eigenvalue weighted by Gasteiger charge is 2.08. The summed E-state index contributed by atoms with van der Waals surface area (Å²) in [6.45, 7) is 4.54.